The molecule has 2 aromatic rings. The number of aliphatic hydroxyl groups is 1. The van der Waals surface area contributed by atoms with Gasteiger partial charge in [-0.25, -0.2) is 8.78 Å². The zero-order valence-electron chi connectivity index (χ0n) is 12.8. The summed E-state index contributed by atoms with van der Waals surface area (Å²) in [4.78, 5) is 11.9. The van der Waals surface area contributed by atoms with Crippen molar-refractivity contribution in [2.24, 2.45) is 0 Å². The van der Waals surface area contributed by atoms with Gasteiger partial charge in [-0.2, -0.15) is 0 Å². The summed E-state index contributed by atoms with van der Waals surface area (Å²) in [5, 5.41) is 16.0. The molecule has 2 N–H and O–H groups in total. The van der Waals surface area contributed by atoms with Gasteiger partial charge < -0.3 is 14.9 Å². The minimum atomic E-state index is -1.50. The third kappa shape index (κ3) is 3.92. The number of amides is 1. The van der Waals surface area contributed by atoms with E-state index in [0.717, 1.165) is 18.6 Å². The number of nitrogens with one attached hydrogen (secondary N) is 1. The molecule has 124 valence electrons. The zero-order chi connectivity index (χ0) is 17.0. The van der Waals surface area contributed by atoms with Gasteiger partial charge >= 0.3 is 0 Å². The maximum Gasteiger partial charge on any atom is 0.290 e. The van der Waals surface area contributed by atoms with E-state index < -0.39 is 29.2 Å². The van der Waals surface area contributed by atoms with Crippen LogP contribution in [-0.4, -0.2) is 22.7 Å². The summed E-state index contributed by atoms with van der Waals surface area (Å²) in [6.07, 6.45) is -0.657. The molecule has 7 heteroatoms. The molecule has 1 aromatic carbocycles. The fourth-order valence-electron chi connectivity index (χ4n) is 2.04. The van der Waals surface area contributed by atoms with Crippen molar-refractivity contribution >= 4 is 5.91 Å². The Kier molecular flexibility index (Phi) is 5.44. The summed E-state index contributed by atoms with van der Waals surface area (Å²) in [6.45, 7) is 3.58. The van der Waals surface area contributed by atoms with Crippen molar-refractivity contribution in [1.82, 2.24) is 10.5 Å². The fourth-order valence-corrected chi connectivity index (χ4v) is 2.04. The molecule has 2 rings (SSSR count). The van der Waals surface area contributed by atoms with Gasteiger partial charge in [-0.1, -0.05) is 25.1 Å². The van der Waals surface area contributed by atoms with Crippen LogP contribution in [0, 0.1) is 11.6 Å². The van der Waals surface area contributed by atoms with Gasteiger partial charge in [0.15, 0.2) is 0 Å². The number of carbonyl (C=O) groups excluding carboxylic acids is 1. The van der Waals surface area contributed by atoms with E-state index in [9.17, 15) is 18.7 Å². The lowest BCUT2D eigenvalue weighted by Crippen LogP contribution is -2.28. The molecule has 0 aliphatic carbocycles. The number of rotatable bonds is 6. The Bertz CT molecular complexity index is 667. The number of benzene rings is 1. The van der Waals surface area contributed by atoms with Crippen LogP contribution in [0.25, 0.3) is 0 Å². The van der Waals surface area contributed by atoms with E-state index >= 15 is 0 Å². The summed E-state index contributed by atoms with van der Waals surface area (Å²) in [5.41, 5.74) is 0.170. The van der Waals surface area contributed by atoms with Crippen LogP contribution in [0.2, 0.25) is 0 Å². The lowest BCUT2D eigenvalue weighted by molar-refractivity contribution is 0.0875. The average molecular weight is 324 g/mol. The van der Waals surface area contributed by atoms with Gasteiger partial charge in [-0.05, 0) is 18.6 Å². The Labute approximate surface area is 132 Å². The number of carbonyl (C=O) groups is 1. The molecule has 0 saturated carbocycles. The number of hydrogen-bond donors (Lipinski definition) is 2. The molecular weight excluding hydrogens is 306 g/mol. The van der Waals surface area contributed by atoms with E-state index in [1.54, 1.807) is 0 Å². The van der Waals surface area contributed by atoms with Crippen molar-refractivity contribution in [2.75, 3.05) is 6.54 Å². The van der Waals surface area contributed by atoms with E-state index in [1.165, 1.54) is 12.1 Å². The van der Waals surface area contributed by atoms with E-state index in [2.05, 4.69) is 10.5 Å². The van der Waals surface area contributed by atoms with Crippen LogP contribution in [0.5, 0.6) is 0 Å². The predicted molar refractivity (Wildman–Crippen MR) is 78.9 cm³/mol. The standard InChI is InChI=1S/C16H18F2N2O3/c1-3-9(2)12-7-14(23-20-12)16(22)19-8-13(21)15-10(17)5-4-6-11(15)18/h4-7,9,13,21H,3,8H2,1-2H3,(H,19,22)/t9-,13+/m0/s1. The Morgan fingerprint density at radius 1 is 1.39 bits per heavy atom. The highest BCUT2D eigenvalue weighted by molar-refractivity contribution is 5.91. The molecule has 1 heterocycles. The molecule has 0 radical (unpaired) electrons. The van der Waals surface area contributed by atoms with Crippen LogP contribution < -0.4 is 5.32 Å². The van der Waals surface area contributed by atoms with Crippen LogP contribution >= 0.6 is 0 Å². The highest BCUT2D eigenvalue weighted by Gasteiger charge is 2.20. The number of aliphatic hydroxyl groups excluding tert-OH is 1. The van der Waals surface area contributed by atoms with Crippen LogP contribution in [-0.2, 0) is 0 Å². The molecule has 0 unspecified atom stereocenters. The fraction of sp³-hybridized carbons (Fsp3) is 0.375. The van der Waals surface area contributed by atoms with E-state index in [1.807, 2.05) is 13.8 Å². The van der Waals surface area contributed by atoms with Crippen LogP contribution in [0.3, 0.4) is 0 Å². The summed E-state index contributed by atoms with van der Waals surface area (Å²) in [7, 11) is 0. The van der Waals surface area contributed by atoms with Gasteiger partial charge in [0.25, 0.3) is 5.91 Å². The highest BCUT2D eigenvalue weighted by Crippen LogP contribution is 2.21. The first-order valence-corrected chi connectivity index (χ1v) is 7.30. The number of hydrogen-bond acceptors (Lipinski definition) is 4. The highest BCUT2D eigenvalue weighted by atomic mass is 19.1. The minimum absolute atomic E-state index is 0.0125. The molecule has 5 nitrogen and oxygen atoms in total. The third-order valence-electron chi connectivity index (χ3n) is 3.66. The van der Waals surface area contributed by atoms with Crippen LogP contribution in [0.15, 0.2) is 28.8 Å². The lowest BCUT2D eigenvalue weighted by Gasteiger charge is -2.13. The Hall–Kier alpha value is -2.28. The smallest absolute Gasteiger partial charge is 0.290 e. The second-order valence-electron chi connectivity index (χ2n) is 5.29. The first-order valence-electron chi connectivity index (χ1n) is 7.30. The summed E-state index contributed by atoms with van der Waals surface area (Å²) in [6, 6.07) is 4.79. The van der Waals surface area contributed by atoms with E-state index in [0.29, 0.717) is 5.69 Å². The van der Waals surface area contributed by atoms with Gasteiger partial charge in [0.1, 0.15) is 17.7 Å². The molecule has 0 bridgehead atoms. The molecule has 2 atom stereocenters. The monoisotopic (exact) mass is 324 g/mol. The van der Waals surface area contributed by atoms with Gasteiger partial charge in [0.2, 0.25) is 5.76 Å². The van der Waals surface area contributed by atoms with Gasteiger partial charge in [-0.3, -0.25) is 4.79 Å². The number of nitrogens with zero attached hydrogens (tertiary/aromatic N) is 1. The van der Waals surface area contributed by atoms with E-state index in [4.69, 9.17) is 4.52 Å². The van der Waals surface area contributed by atoms with Crippen molar-refractivity contribution in [3.63, 3.8) is 0 Å². The van der Waals surface area contributed by atoms with Crippen molar-refractivity contribution in [3.8, 4) is 0 Å². The molecule has 0 fully saturated rings. The third-order valence-corrected chi connectivity index (χ3v) is 3.66. The molecule has 23 heavy (non-hydrogen) atoms. The molecule has 0 spiro atoms. The number of halogens is 2. The molecule has 0 aliphatic heterocycles. The second-order valence-corrected chi connectivity index (χ2v) is 5.29. The van der Waals surface area contributed by atoms with Crippen molar-refractivity contribution in [1.29, 1.82) is 0 Å². The number of aromatic nitrogens is 1. The summed E-state index contributed by atoms with van der Waals surface area (Å²) in [5.74, 6) is -2.21. The molecular formula is C16H18F2N2O3. The quantitative estimate of drug-likeness (QED) is 0.857. The summed E-state index contributed by atoms with van der Waals surface area (Å²) >= 11 is 0. The molecule has 0 saturated heterocycles. The second kappa shape index (κ2) is 7.32. The largest absolute Gasteiger partial charge is 0.386 e. The topological polar surface area (TPSA) is 75.4 Å². The Morgan fingerprint density at radius 3 is 2.65 bits per heavy atom. The first-order chi connectivity index (χ1) is 10.9. The van der Waals surface area contributed by atoms with E-state index in [-0.39, 0.29) is 18.2 Å². The van der Waals surface area contributed by atoms with Crippen molar-refractivity contribution < 1.29 is 23.2 Å². The molecule has 0 aliphatic rings. The van der Waals surface area contributed by atoms with Crippen molar-refractivity contribution in [3.05, 3.63) is 52.9 Å². The first kappa shape index (κ1) is 17.1. The average Bonchev–Trinajstić information content (AvgIpc) is 3.01. The predicted octanol–water partition coefficient (Wildman–Crippen LogP) is 2.93. The minimum Gasteiger partial charge on any atom is -0.386 e. The Balaban J connectivity index is 2.00. The van der Waals surface area contributed by atoms with Crippen molar-refractivity contribution in [2.45, 2.75) is 32.3 Å². The lowest BCUT2D eigenvalue weighted by atomic mass is 10.1. The van der Waals surface area contributed by atoms with Crippen LogP contribution in [0.1, 0.15) is 54.1 Å². The SMILES string of the molecule is CC[C@H](C)c1cc(C(=O)NC[C@@H](O)c2c(F)cccc2F)on1. The van der Waals surface area contributed by atoms with Gasteiger partial charge in [0, 0.05) is 18.5 Å². The maximum atomic E-state index is 13.5. The van der Waals surface area contributed by atoms with Crippen LogP contribution in [0.4, 0.5) is 8.78 Å². The summed E-state index contributed by atoms with van der Waals surface area (Å²) < 4.78 is 32.0. The molecule has 1 aromatic heterocycles. The van der Waals surface area contributed by atoms with Gasteiger partial charge in [0.05, 0.1) is 11.3 Å². The molecule has 1 amide bonds. The maximum absolute atomic E-state index is 13.5. The Morgan fingerprint density at radius 2 is 2.04 bits per heavy atom. The van der Waals surface area contributed by atoms with Gasteiger partial charge in [-0.15, -0.1) is 0 Å². The zero-order valence-corrected chi connectivity index (χ0v) is 12.8. The normalized spacial score (nSPS) is 13.6.